The lowest BCUT2D eigenvalue weighted by atomic mass is 10.0. The van der Waals surface area contributed by atoms with Gasteiger partial charge in [0.2, 0.25) is 0 Å². The van der Waals surface area contributed by atoms with Gasteiger partial charge in [0.1, 0.15) is 25.0 Å². The maximum atomic E-state index is 12.4. The van der Waals surface area contributed by atoms with Gasteiger partial charge >= 0.3 is 0 Å². The standard InChI is InChI=1S/C24H29N3O3/c1-18-15-19(2)27(26-18)14-6-13-25-16-22(28)17-30-23-11-9-21(10-12-23)24(29)20-7-4-3-5-8-20/h3-5,7-12,15,22,25,28H,6,13-14,16-17H2,1-2H3/p+1/t22-/m0/s1. The van der Waals surface area contributed by atoms with Crippen LogP contribution in [-0.4, -0.2) is 46.5 Å². The second kappa shape index (κ2) is 10.7. The Hall–Kier alpha value is -2.96. The lowest BCUT2D eigenvalue weighted by molar-refractivity contribution is -0.661. The van der Waals surface area contributed by atoms with Crippen LogP contribution >= 0.6 is 0 Å². The zero-order valence-corrected chi connectivity index (χ0v) is 17.6. The number of benzene rings is 2. The Morgan fingerprint density at radius 3 is 2.47 bits per heavy atom. The molecule has 6 heteroatoms. The van der Waals surface area contributed by atoms with Crippen molar-refractivity contribution in [2.45, 2.75) is 32.9 Å². The lowest BCUT2D eigenvalue weighted by Gasteiger charge is -2.12. The van der Waals surface area contributed by atoms with Crippen molar-refractivity contribution in [1.29, 1.82) is 0 Å². The number of aromatic nitrogens is 2. The fourth-order valence-electron chi connectivity index (χ4n) is 3.32. The highest BCUT2D eigenvalue weighted by Gasteiger charge is 2.10. The van der Waals surface area contributed by atoms with Crippen molar-refractivity contribution in [2.24, 2.45) is 0 Å². The average Bonchev–Trinajstić information content (AvgIpc) is 3.09. The van der Waals surface area contributed by atoms with Gasteiger partial charge < -0.3 is 15.2 Å². The summed E-state index contributed by atoms with van der Waals surface area (Å²) in [7, 11) is 0. The highest BCUT2D eigenvalue weighted by atomic mass is 16.5. The number of rotatable bonds is 11. The van der Waals surface area contributed by atoms with E-state index in [9.17, 15) is 9.90 Å². The number of hydrogen-bond donors (Lipinski definition) is 2. The van der Waals surface area contributed by atoms with E-state index in [1.54, 1.807) is 36.4 Å². The predicted molar refractivity (Wildman–Crippen MR) is 116 cm³/mol. The molecule has 3 N–H and O–H groups in total. The van der Waals surface area contributed by atoms with Gasteiger partial charge in [-0.25, -0.2) is 0 Å². The summed E-state index contributed by atoms with van der Waals surface area (Å²) < 4.78 is 7.68. The molecule has 0 saturated carbocycles. The number of nitrogens with zero attached hydrogens (tertiary/aromatic N) is 2. The Morgan fingerprint density at radius 1 is 1.10 bits per heavy atom. The first-order chi connectivity index (χ1) is 14.5. The molecule has 0 amide bonds. The summed E-state index contributed by atoms with van der Waals surface area (Å²) in [5.74, 6) is 0.625. The van der Waals surface area contributed by atoms with Crippen LogP contribution in [0.3, 0.4) is 0 Å². The summed E-state index contributed by atoms with van der Waals surface area (Å²) in [5, 5.41) is 16.7. The lowest BCUT2D eigenvalue weighted by Crippen LogP contribution is -2.86. The molecule has 0 aliphatic carbocycles. The molecule has 0 spiro atoms. The predicted octanol–water partition coefficient (Wildman–Crippen LogP) is 2.12. The zero-order chi connectivity index (χ0) is 21.3. The van der Waals surface area contributed by atoms with E-state index in [4.69, 9.17) is 4.74 Å². The van der Waals surface area contributed by atoms with Crippen LogP contribution in [0.1, 0.15) is 33.7 Å². The third-order valence-corrected chi connectivity index (χ3v) is 4.92. The number of nitrogens with two attached hydrogens (primary N) is 1. The van der Waals surface area contributed by atoms with Gasteiger partial charge in [0, 0.05) is 29.8 Å². The molecule has 158 valence electrons. The summed E-state index contributed by atoms with van der Waals surface area (Å²) in [6.07, 6.45) is 0.441. The monoisotopic (exact) mass is 408 g/mol. The number of aryl methyl sites for hydroxylation is 3. The number of quaternary nitrogens is 1. The van der Waals surface area contributed by atoms with Gasteiger partial charge in [-0.1, -0.05) is 30.3 Å². The minimum absolute atomic E-state index is 0.0164. The Balaban J connectivity index is 1.35. The van der Waals surface area contributed by atoms with Gasteiger partial charge in [0.25, 0.3) is 0 Å². The van der Waals surface area contributed by atoms with E-state index in [0.717, 1.165) is 25.2 Å². The number of hydrogen-bond acceptors (Lipinski definition) is 4. The van der Waals surface area contributed by atoms with Crippen LogP contribution in [0.25, 0.3) is 0 Å². The molecule has 0 fully saturated rings. The number of ether oxygens (including phenoxy) is 1. The van der Waals surface area contributed by atoms with Gasteiger partial charge in [-0.3, -0.25) is 9.48 Å². The Kier molecular flexibility index (Phi) is 7.76. The van der Waals surface area contributed by atoms with Crippen molar-refractivity contribution in [3.63, 3.8) is 0 Å². The number of carbonyl (C=O) groups excluding carboxylic acids is 1. The van der Waals surface area contributed by atoms with Crippen molar-refractivity contribution in [3.05, 3.63) is 83.2 Å². The summed E-state index contributed by atoms with van der Waals surface area (Å²) >= 11 is 0. The molecule has 1 atom stereocenters. The van der Waals surface area contributed by atoms with E-state index < -0.39 is 6.10 Å². The SMILES string of the molecule is Cc1cc(C)n(CCC[NH2+]C[C@H](O)COc2ccc(C(=O)c3ccccc3)cc2)n1. The summed E-state index contributed by atoms with van der Waals surface area (Å²) in [4.78, 5) is 12.4. The van der Waals surface area contributed by atoms with Crippen LogP contribution in [0, 0.1) is 13.8 Å². The Bertz CT molecular complexity index is 936. The molecule has 0 aliphatic heterocycles. The summed E-state index contributed by atoms with van der Waals surface area (Å²) in [5.41, 5.74) is 3.50. The molecular weight excluding hydrogens is 378 g/mol. The van der Waals surface area contributed by atoms with E-state index in [0.29, 0.717) is 23.4 Å². The van der Waals surface area contributed by atoms with Gasteiger partial charge in [0.05, 0.1) is 12.2 Å². The topological polar surface area (TPSA) is 81.0 Å². The molecule has 0 saturated heterocycles. The van der Waals surface area contributed by atoms with Crippen LogP contribution in [-0.2, 0) is 6.54 Å². The smallest absolute Gasteiger partial charge is 0.193 e. The number of aliphatic hydroxyl groups is 1. The highest BCUT2D eigenvalue weighted by Crippen LogP contribution is 2.15. The third kappa shape index (κ3) is 6.27. The van der Waals surface area contributed by atoms with E-state index >= 15 is 0 Å². The molecule has 0 aliphatic rings. The van der Waals surface area contributed by atoms with Crippen LogP contribution in [0.2, 0.25) is 0 Å². The van der Waals surface area contributed by atoms with Crippen LogP contribution in [0.15, 0.2) is 60.7 Å². The minimum Gasteiger partial charge on any atom is -0.491 e. The average molecular weight is 409 g/mol. The minimum atomic E-state index is -0.552. The first kappa shape index (κ1) is 21.7. The number of aliphatic hydroxyl groups excluding tert-OH is 1. The summed E-state index contributed by atoms with van der Waals surface area (Å²) in [6, 6.07) is 18.3. The molecule has 6 nitrogen and oxygen atoms in total. The maximum Gasteiger partial charge on any atom is 0.193 e. The normalized spacial score (nSPS) is 12.0. The first-order valence-corrected chi connectivity index (χ1v) is 10.4. The molecule has 2 aromatic carbocycles. The highest BCUT2D eigenvalue weighted by molar-refractivity contribution is 6.08. The van der Waals surface area contributed by atoms with Gasteiger partial charge in [-0.05, 0) is 44.2 Å². The van der Waals surface area contributed by atoms with Crippen molar-refractivity contribution in [3.8, 4) is 5.75 Å². The third-order valence-electron chi connectivity index (χ3n) is 4.92. The molecule has 1 heterocycles. The Labute approximate surface area is 177 Å². The second-order valence-corrected chi connectivity index (χ2v) is 7.50. The molecule has 3 rings (SSSR count). The number of ketones is 1. The first-order valence-electron chi connectivity index (χ1n) is 10.4. The molecule has 0 unspecified atom stereocenters. The van der Waals surface area contributed by atoms with E-state index in [1.807, 2.05) is 29.8 Å². The van der Waals surface area contributed by atoms with Crippen molar-refractivity contribution < 1.29 is 20.0 Å². The summed E-state index contributed by atoms with van der Waals surface area (Å²) in [6.45, 7) is 6.68. The van der Waals surface area contributed by atoms with E-state index in [-0.39, 0.29) is 12.4 Å². The van der Waals surface area contributed by atoms with E-state index in [1.165, 1.54) is 5.69 Å². The Morgan fingerprint density at radius 2 is 1.80 bits per heavy atom. The van der Waals surface area contributed by atoms with Crippen molar-refractivity contribution in [2.75, 3.05) is 19.7 Å². The number of carbonyl (C=O) groups is 1. The molecule has 0 radical (unpaired) electrons. The maximum absolute atomic E-state index is 12.4. The molecule has 30 heavy (non-hydrogen) atoms. The molecule has 0 bridgehead atoms. The molecule has 1 aromatic heterocycles. The zero-order valence-electron chi connectivity index (χ0n) is 17.6. The molecular formula is C24H30N3O3+. The van der Waals surface area contributed by atoms with Crippen molar-refractivity contribution >= 4 is 5.78 Å². The van der Waals surface area contributed by atoms with Crippen molar-refractivity contribution in [1.82, 2.24) is 9.78 Å². The van der Waals surface area contributed by atoms with Crippen LogP contribution < -0.4 is 10.1 Å². The second-order valence-electron chi connectivity index (χ2n) is 7.50. The van der Waals surface area contributed by atoms with Crippen LogP contribution in [0.5, 0.6) is 5.75 Å². The van der Waals surface area contributed by atoms with Gasteiger partial charge in [0.15, 0.2) is 5.78 Å². The fraction of sp³-hybridized carbons (Fsp3) is 0.333. The largest absolute Gasteiger partial charge is 0.491 e. The van der Waals surface area contributed by atoms with Crippen LogP contribution in [0.4, 0.5) is 0 Å². The van der Waals surface area contributed by atoms with E-state index in [2.05, 4.69) is 23.4 Å². The fourth-order valence-corrected chi connectivity index (χ4v) is 3.32. The quantitative estimate of drug-likeness (QED) is 0.376. The van der Waals surface area contributed by atoms with Gasteiger partial charge in [-0.2, -0.15) is 5.10 Å². The molecule has 3 aromatic rings. The van der Waals surface area contributed by atoms with Gasteiger partial charge in [-0.15, -0.1) is 0 Å².